The molecule has 5 nitrogen and oxygen atoms in total. The fourth-order valence-electron chi connectivity index (χ4n) is 2.01. The zero-order valence-electron chi connectivity index (χ0n) is 14.9. The van der Waals surface area contributed by atoms with E-state index < -0.39 is 0 Å². The highest BCUT2D eigenvalue weighted by atomic mass is 16.5. The van der Waals surface area contributed by atoms with E-state index in [1.807, 2.05) is 6.92 Å². The minimum Gasteiger partial charge on any atom is -0.461 e. The Morgan fingerprint density at radius 2 is 1.52 bits per heavy atom. The zero-order chi connectivity index (χ0) is 18.8. The van der Waals surface area contributed by atoms with Gasteiger partial charge in [0.25, 0.3) is 0 Å². The average molecular weight is 341 g/mol. The molecule has 0 saturated heterocycles. The molecule has 132 valence electrons. The summed E-state index contributed by atoms with van der Waals surface area (Å²) in [5.41, 5.74) is 2.20. The van der Waals surface area contributed by atoms with Gasteiger partial charge in [-0.05, 0) is 18.6 Å². The molecule has 0 fully saturated rings. The fourth-order valence-corrected chi connectivity index (χ4v) is 2.01. The number of ether oxygens (including phenoxy) is 2. The maximum Gasteiger partial charge on any atom is 0.309 e. The fraction of sp³-hybridized carbons (Fsp3) is 0.450. The molecule has 2 unspecified atom stereocenters. The highest BCUT2D eigenvalue weighted by Gasteiger charge is 2.17. The maximum absolute atomic E-state index is 11.9. The number of rotatable bonds is 8. The first-order valence-electron chi connectivity index (χ1n) is 8.03. The minimum atomic E-state index is -0.371. The molecule has 1 aromatic heterocycles. The van der Waals surface area contributed by atoms with E-state index in [2.05, 4.69) is 16.8 Å². The lowest BCUT2D eigenvalue weighted by atomic mass is 10.1. The van der Waals surface area contributed by atoms with Crippen LogP contribution in [0.25, 0.3) is 0 Å². The number of esters is 2. The van der Waals surface area contributed by atoms with Gasteiger partial charge in [-0.2, -0.15) is 0 Å². The van der Waals surface area contributed by atoms with Crippen LogP contribution in [0.5, 0.6) is 0 Å². The van der Waals surface area contributed by atoms with Crippen LogP contribution in [0.3, 0.4) is 0 Å². The molecule has 0 aromatic carbocycles. The summed E-state index contributed by atoms with van der Waals surface area (Å²) in [6.07, 6.45) is 12.7. The molecule has 0 saturated carbocycles. The Bertz CT molecular complexity index is 697. The van der Waals surface area contributed by atoms with Crippen LogP contribution in [0.2, 0.25) is 0 Å². The number of hydrogen-bond donors (Lipinski definition) is 0. The van der Waals surface area contributed by atoms with E-state index >= 15 is 0 Å². The van der Waals surface area contributed by atoms with Gasteiger partial charge in [-0.15, -0.1) is 24.7 Å². The Balaban J connectivity index is 2.73. The summed E-state index contributed by atoms with van der Waals surface area (Å²) in [6, 6.07) is 1.80. The summed E-state index contributed by atoms with van der Waals surface area (Å²) >= 11 is 0. The maximum atomic E-state index is 11.9. The number of aromatic nitrogens is 1. The molecule has 1 rings (SSSR count). The van der Waals surface area contributed by atoms with Gasteiger partial charge in [0.05, 0.1) is 11.8 Å². The van der Waals surface area contributed by atoms with Gasteiger partial charge in [0.1, 0.15) is 13.2 Å². The number of hydrogen-bond acceptors (Lipinski definition) is 5. The van der Waals surface area contributed by atoms with E-state index in [4.69, 9.17) is 22.3 Å². The first-order valence-corrected chi connectivity index (χ1v) is 8.03. The van der Waals surface area contributed by atoms with Crippen LogP contribution in [-0.4, -0.2) is 16.9 Å². The van der Waals surface area contributed by atoms with Crippen LogP contribution < -0.4 is 0 Å². The van der Waals surface area contributed by atoms with E-state index in [1.54, 1.807) is 26.1 Å². The Morgan fingerprint density at radius 1 is 1.04 bits per heavy atom. The van der Waals surface area contributed by atoms with Gasteiger partial charge >= 0.3 is 11.9 Å². The van der Waals surface area contributed by atoms with E-state index in [1.165, 1.54) is 0 Å². The predicted molar refractivity (Wildman–Crippen MR) is 93.8 cm³/mol. The molecule has 0 aliphatic heterocycles. The van der Waals surface area contributed by atoms with Crippen molar-refractivity contribution in [2.75, 3.05) is 0 Å². The van der Waals surface area contributed by atoms with Gasteiger partial charge in [0.15, 0.2) is 0 Å². The monoisotopic (exact) mass is 341 g/mol. The van der Waals surface area contributed by atoms with Gasteiger partial charge in [-0.25, -0.2) is 0 Å². The van der Waals surface area contributed by atoms with Crippen LogP contribution in [-0.2, 0) is 32.3 Å². The number of pyridine rings is 1. The zero-order valence-corrected chi connectivity index (χ0v) is 14.9. The summed E-state index contributed by atoms with van der Waals surface area (Å²) in [5, 5.41) is 0. The molecule has 0 N–H and O–H groups in total. The smallest absolute Gasteiger partial charge is 0.309 e. The van der Waals surface area contributed by atoms with Crippen LogP contribution in [0, 0.1) is 43.4 Å². The van der Waals surface area contributed by atoms with Crippen LogP contribution in [0.1, 0.15) is 43.5 Å². The molecule has 0 spiro atoms. The number of carbonyl (C=O) groups is 2. The van der Waals surface area contributed by atoms with Crippen molar-refractivity contribution in [3.63, 3.8) is 0 Å². The van der Waals surface area contributed by atoms with Gasteiger partial charge in [-0.1, -0.05) is 13.8 Å². The number of terminal acetylenes is 2. The molecule has 0 amide bonds. The summed E-state index contributed by atoms with van der Waals surface area (Å²) < 4.78 is 10.6. The van der Waals surface area contributed by atoms with Crippen LogP contribution >= 0.6 is 0 Å². The number of nitrogens with zero attached hydrogens (tertiary/aromatic N) is 1. The molecule has 25 heavy (non-hydrogen) atoms. The van der Waals surface area contributed by atoms with E-state index in [0.717, 1.165) is 11.3 Å². The molecule has 5 heteroatoms. The quantitative estimate of drug-likeness (QED) is 0.537. The molecular weight excluding hydrogens is 318 g/mol. The van der Waals surface area contributed by atoms with Crippen molar-refractivity contribution < 1.29 is 19.1 Å². The van der Waals surface area contributed by atoms with Crippen molar-refractivity contribution >= 4 is 11.9 Å². The molecule has 1 aromatic rings. The number of carbonyl (C=O) groups excluding carboxylic acids is 2. The highest BCUT2D eigenvalue weighted by molar-refractivity contribution is 5.73. The Hall–Kier alpha value is -2.79. The van der Waals surface area contributed by atoms with Crippen molar-refractivity contribution in [1.29, 1.82) is 0 Å². The first kappa shape index (κ1) is 20.3. The standard InChI is InChI=1S/C20H23NO4/c1-6-8-14(3)19(22)24-12-17-10-16(5)21-11-18(17)13-25-20(23)15(4)9-7-2/h1-2,10-11,14-15H,8-9,12-13H2,3-5H3. The topological polar surface area (TPSA) is 65.5 Å². The van der Waals surface area contributed by atoms with Crippen molar-refractivity contribution in [3.05, 3.63) is 29.1 Å². The van der Waals surface area contributed by atoms with Gasteiger partial charge in [-0.3, -0.25) is 14.6 Å². The number of aryl methyl sites for hydroxylation is 1. The third kappa shape index (κ3) is 6.69. The molecular formula is C20H23NO4. The summed E-state index contributed by atoms with van der Waals surface area (Å²) in [7, 11) is 0. The Kier molecular flexibility index (Phi) is 8.23. The van der Waals surface area contributed by atoms with Gasteiger partial charge < -0.3 is 9.47 Å². The van der Waals surface area contributed by atoms with E-state index in [0.29, 0.717) is 18.4 Å². The predicted octanol–water partition coefficient (Wildman–Crippen LogP) is 2.80. The van der Waals surface area contributed by atoms with Crippen LogP contribution in [0.15, 0.2) is 12.3 Å². The van der Waals surface area contributed by atoms with Crippen LogP contribution in [0.4, 0.5) is 0 Å². The van der Waals surface area contributed by atoms with Gasteiger partial charge in [0.2, 0.25) is 0 Å². The average Bonchev–Trinajstić information content (AvgIpc) is 2.58. The van der Waals surface area contributed by atoms with E-state index in [-0.39, 0.29) is 37.0 Å². The Morgan fingerprint density at radius 3 is 2.00 bits per heavy atom. The van der Waals surface area contributed by atoms with Crippen molar-refractivity contribution in [2.45, 2.75) is 46.8 Å². The highest BCUT2D eigenvalue weighted by Crippen LogP contribution is 2.15. The molecule has 0 bridgehead atoms. The molecule has 0 radical (unpaired) electrons. The first-order chi connectivity index (χ1) is 11.9. The lowest BCUT2D eigenvalue weighted by Gasteiger charge is -2.14. The van der Waals surface area contributed by atoms with E-state index in [9.17, 15) is 9.59 Å². The third-order valence-electron chi connectivity index (χ3n) is 3.61. The third-order valence-corrected chi connectivity index (χ3v) is 3.61. The molecule has 0 aliphatic rings. The molecule has 0 aliphatic carbocycles. The minimum absolute atomic E-state index is 0.0494. The Labute approximate surface area is 149 Å². The summed E-state index contributed by atoms with van der Waals surface area (Å²) in [5.74, 6) is 3.41. The SMILES string of the molecule is C#CCC(C)C(=O)OCc1cnc(C)cc1COC(=O)C(C)CC#C. The van der Waals surface area contributed by atoms with Crippen molar-refractivity contribution in [1.82, 2.24) is 4.98 Å². The van der Waals surface area contributed by atoms with Crippen molar-refractivity contribution in [3.8, 4) is 24.7 Å². The largest absolute Gasteiger partial charge is 0.461 e. The summed E-state index contributed by atoms with van der Waals surface area (Å²) in [4.78, 5) is 28.0. The van der Waals surface area contributed by atoms with Crippen molar-refractivity contribution in [2.24, 2.45) is 11.8 Å². The lowest BCUT2D eigenvalue weighted by molar-refractivity contribution is -0.150. The molecule has 1 heterocycles. The lowest BCUT2D eigenvalue weighted by Crippen LogP contribution is -2.16. The van der Waals surface area contributed by atoms with Gasteiger partial charge in [0, 0.05) is 30.3 Å². The second-order valence-electron chi connectivity index (χ2n) is 5.93. The second kappa shape index (κ2) is 10.2. The summed E-state index contributed by atoms with van der Waals surface area (Å²) in [6.45, 7) is 5.38. The second-order valence-corrected chi connectivity index (χ2v) is 5.93. The normalized spacial score (nSPS) is 12.4. The molecule has 2 atom stereocenters.